The highest BCUT2D eigenvalue weighted by Gasteiger charge is 2.27. The average molecular weight is 399 g/mol. The van der Waals surface area contributed by atoms with Crippen LogP contribution in [0.2, 0.25) is 0 Å². The van der Waals surface area contributed by atoms with Gasteiger partial charge in [-0.2, -0.15) is 0 Å². The highest BCUT2D eigenvalue weighted by atomic mass is 16.5. The van der Waals surface area contributed by atoms with Crippen molar-refractivity contribution in [2.45, 2.75) is 59.2 Å². The zero-order chi connectivity index (χ0) is 21.6. The topological polar surface area (TPSA) is 75.7 Å². The van der Waals surface area contributed by atoms with Crippen molar-refractivity contribution >= 4 is 28.6 Å². The monoisotopic (exact) mass is 398 g/mol. The van der Waals surface area contributed by atoms with Gasteiger partial charge in [0.2, 0.25) is 5.91 Å². The molecule has 2 aromatic rings. The number of hydrogen-bond acceptors (Lipinski definition) is 4. The molecule has 29 heavy (non-hydrogen) atoms. The van der Waals surface area contributed by atoms with E-state index in [0.29, 0.717) is 0 Å². The van der Waals surface area contributed by atoms with Crippen molar-refractivity contribution in [3.8, 4) is 0 Å². The van der Waals surface area contributed by atoms with Gasteiger partial charge in [0.1, 0.15) is 6.54 Å². The summed E-state index contributed by atoms with van der Waals surface area (Å²) in [5, 5.41) is 4.64. The molecule has 1 N–H and O–H groups in total. The van der Waals surface area contributed by atoms with Crippen LogP contribution in [-0.2, 0) is 25.5 Å². The van der Waals surface area contributed by atoms with E-state index in [4.69, 9.17) is 4.74 Å². The molecule has 0 unspecified atom stereocenters. The molecule has 6 heteroatoms. The summed E-state index contributed by atoms with van der Waals surface area (Å²) in [7, 11) is 0. The van der Waals surface area contributed by atoms with E-state index in [2.05, 4.69) is 5.32 Å². The lowest BCUT2D eigenvalue weighted by atomic mass is 10.0. The number of benzene rings is 2. The van der Waals surface area contributed by atoms with Crippen LogP contribution in [0, 0.1) is 0 Å². The van der Waals surface area contributed by atoms with E-state index in [1.165, 1.54) is 0 Å². The van der Waals surface area contributed by atoms with Crippen LogP contribution in [0.5, 0.6) is 0 Å². The number of carbonyl (C=O) groups is 3. The fraction of sp³-hybridized carbons (Fsp3) is 0.435. The standard InChI is InChI=1S/C23H30N2O4/c1-15(2)25(16(3)4)23(28)17(5)29-22(27)14-24-21(26)13-19-11-8-10-18-9-6-7-12-20(18)19/h6-12,15-17H,13-14H2,1-5H3,(H,24,26)/t17-/m0/s1. The molecule has 6 nitrogen and oxygen atoms in total. The van der Waals surface area contributed by atoms with Crippen LogP contribution >= 0.6 is 0 Å². The lowest BCUT2D eigenvalue weighted by molar-refractivity contribution is -0.160. The molecular formula is C23H30N2O4. The Bertz CT molecular complexity index is 863. The van der Waals surface area contributed by atoms with Crippen LogP contribution in [0.3, 0.4) is 0 Å². The number of nitrogens with one attached hydrogen (secondary N) is 1. The zero-order valence-corrected chi connectivity index (χ0v) is 17.8. The number of esters is 1. The van der Waals surface area contributed by atoms with Crippen LogP contribution in [0.25, 0.3) is 10.8 Å². The minimum atomic E-state index is -0.901. The number of ether oxygens (including phenoxy) is 1. The van der Waals surface area contributed by atoms with Crippen LogP contribution in [0.4, 0.5) is 0 Å². The van der Waals surface area contributed by atoms with Crippen molar-refractivity contribution in [2.75, 3.05) is 6.54 Å². The van der Waals surface area contributed by atoms with Crippen LogP contribution in [0.15, 0.2) is 42.5 Å². The van der Waals surface area contributed by atoms with Crippen LogP contribution in [-0.4, -0.2) is 47.4 Å². The number of hydrogen-bond donors (Lipinski definition) is 1. The molecule has 0 aromatic heterocycles. The lowest BCUT2D eigenvalue weighted by Gasteiger charge is -2.32. The van der Waals surface area contributed by atoms with Crippen molar-refractivity contribution in [3.63, 3.8) is 0 Å². The van der Waals surface area contributed by atoms with Crippen LogP contribution < -0.4 is 5.32 Å². The average Bonchev–Trinajstić information content (AvgIpc) is 2.66. The fourth-order valence-corrected chi connectivity index (χ4v) is 3.46. The maximum atomic E-state index is 12.5. The van der Waals surface area contributed by atoms with Gasteiger partial charge in [0.05, 0.1) is 6.42 Å². The molecule has 0 heterocycles. The van der Waals surface area contributed by atoms with Gasteiger partial charge < -0.3 is 15.0 Å². The first kappa shape index (κ1) is 22.4. The molecule has 0 aliphatic rings. The molecule has 2 rings (SSSR count). The molecule has 0 radical (unpaired) electrons. The molecule has 0 aliphatic carbocycles. The highest BCUT2D eigenvalue weighted by Crippen LogP contribution is 2.18. The molecule has 2 aromatic carbocycles. The second-order valence-electron chi connectivity index (χ2n) is 7.66. The first-order valence-corrected chi connectivity index (χ1v) is 9.95. The summed E-state index contributed by atoms with van der Waals surface area (Å²) < 4.78 is 5.22. The van der Waals surface area contributed by atoms with E-state index in [1.54, 1.807) is 11.8 Å². The minimum absolute atomic E-state index is 0.00375. The van der Waals surface area contributed by atoms with Crippen molar-refractivity contribution in [3.05, 3.63) is 48.0 Å². The van der Waals surface area contributed by atoms with Gasteiger partial charge in [-0.05, 0) is 51.0 Å². The first-order chi connectivity index (χ1) is 13.7. The van der Waals surface area contributed by atoms with Gasteiger partial charge in [-0.15, -0.1) is 0 Å². The predicted molar refractivity (Wildman–Crippen MR) is 113 cm³/mol. The normalized spacial score (nSPS) is 12.1. The Kier molecular flexibility index (Phi) is 7.76. The molecule has 156 valence electrons. The summed E-state index contributed by atoms with van der Waals surface area (Å²) in [6, 6.07) is 13.6. The predicted octanol–water partition coefficient (Wildman–Crippen LogP) is 3.08. The van der Waals surface area contributed by atoms with E-state index in [-0.39, 0.29) is 36.9 Å². The maximum Gasteiger partial charge on any atom is 0.326 e. The first-order valence-electron chi connectivity index (χ1n) is 9.95. The summed E-state index contributed by atoms with van der Waals surface area (Å²) in [4.78, 5) is 38.6. The van der Waals surface area contributed by atoms with Gasteiger partial charge in [-0.25, -0.2) is 0 Å². The Labute approximate surface area is 172 Å². The molecule has 2 amide bonds. The van der Waals surface area contributed by atoms with Gasteiger partial charge in [0.15, 0.2) is 6.10 Å². The Morgan fingerprint density at radius 2 is 1.55 bits per heavy atom. The quantitative estimate of drug-likeness (QED) is 0.694. The minimum Gasteiger partial charge on any atom is -0.451 e. The fourth-order valence-electron chi connectivity index (χ4n) is 3.46. The maximum absolute atomic E-state index is 12.5. The molecule has 0 saturated carbocycles. The summed E-state index contributed by atoms with van der Waals surface area (Å²) >= 11 is 0. The van der Waals surface area contributed by atoms with E-state index in [0.717, 1.165) is 16.3 Å². The number of amides is 2. The van der Waals surface area contributed by atoms with Gasteiger partial charge in [-0.1, -0.05) is 42.5 Å². The Morgan fingerprint density at radius 3 is 2.21 bits per heavy atom. The van der Waals surface area contributed by atoms with Gasteiger partial charge in [0, 0.05) is 12.1 Å². The third-order valence-corrected chi connectivity index (χ3v) is 4.68. The lowest BCUT2D eigenvalue weighted by Crippen LogP contribution is -2.48. The van der Waals surface area contributed by atoms with E-state index in [1.807, 2.05) is 70.2 Å². The van der Waals surface area contributed by atoms with Gasteiger partial charge in [-0.3, -0.25) is 14.4 Å². The molecule has 0 fully saturated rings. The van der Waals surface area contributed by atoms with E-state index >= 15 is 0 Å². The summed E-state index contributed by atoms with van der Waals surface area (Å²) in [6.45, 7) is 8.94. The smallest absolute Gasteiger partial charge is 0.326 e. The van der Waals surface area contributed by atoms with Gasteiger partial charge in [0.25, 0.3) is 5.91 Å². The Morgan fingerprint density at radius 1 is 0.931 bits per heavy atom. The second kappa shape index (κ2) is 10.0. The third kappa shape index (κ3) is 6.04. The highest BCUT2D eigenvalue weighted by molar-refractivity contribution is 5.91. The van der Waals surface area contributed by atoms with Crippen molar-refractivity contribution in [2.24, 2.45) is 0 Å². The molecule has 0 saturated heterocycles. The summed E-state index contributed by atoms with van der Waals surface area (Å²) in [5.41, 5.74) is 0.891. The second-order valence-corrected chi connectivity index (χ2v) is 7.66. The van der Waals surface area contributed by atoms with Crippen molar-refractivity contribution < 1.29 is 19.1 Å². The third-order valence-electron chi connectivity index (χ3n) is 4.68. The summed E-state index contributed by atoms with van der Waals surface area (Å²) in [6.07, 6.45) is -0.736. The molecule has 0 bridgehead atoms. The molecule has 1 atom stereocenters. The number of fused-ring (bicyclic) bond motifs is 1. The largest absolute Gasteiger partial charge is 0.451 e. The molecule has 0 spiro atoms. The van der Waals surface area contributed by atoms with Crippen LogP contribution in [0.1, 0.15) is 40.2 Å². The summed E-state index contributed by atoms with van der Waals surface area (Å²) in [5.74, 6) is -1.15. The number of rotatable bonds is 8. The SMILES string of the molecule is CC(C)N(C(=O)[C@H](C)OC(=O)CNC(=O)Cc1cccc2ccccc12)C(C)C. The molecular weight excluding hydrogens is 368 g/mol. The van der Waals surface area contributed by atoms with Gasteiger partial charge >= 0.3 is 5.97 Å². The van der Waals surface area contributed by atoms with E-state index < -0.39 is 12.1 Å². The molecule has 0 aliphatic heterocycles. The van der Waals surface area contributed by atoms with Crippen molar-refractivity contribution in [1.82, 2.24) is 10.2 Å². The Hall–Kier alpha value is -2.89. The number of nitrogens with zero attached hydrogens (tertiary/aromatic N) is 1. The van der Waals surface area contributed by atoms with Crippen molar-refractivity contribution in [1.29, 1.82) is 0 Å². The van der Waals surface area contributed by atoms with E-state index in [9.17, 15) is 14.4 Å². The number of carbonyl (C=O) groups excluding carboxylic acids is 3. The Balaban J connectivity index is 1.88. The zero-order valence-electron chi connectivity index (χ0n) is 17.8.